The molecule has 0 atom stereocenters. The highest BCUT2D eigenvalue weighted by molar-refractivity contribution is 5.72. The molecule has 0 amide bonds. The first-order valence-electron chi connectivity index (χ1n) is 7.16. The van der Waals surface area contributed by atoms with Gasteiger partial charge in [0.2, 0.25) is 0 Å². The molecule has 0 spiro atoms. The van der Waals surface area contributed by atoms with Gasteiger partial charge in [-0.1, -0.05) is 30.3 Å². The Morgan fingerprint density at radius 1 is 0.923 bits per heavy atom. The summed E-state index contributed by atoms with van der Waals surface area (Å²) < 4.78 is 83.1. The van der Waals surface area contributed by atoms with Gasteiger partial charge in [0, 0.05) is 0 Å². The van der Waals surface area contributed by atoms with Crippen molar-refractivity contribution in [1.82, 2.24) is 0 Å². The molecule has 0 saturated carbocycles. The molecule has 0 aliphatic carbocycles. The molecule has 2 aromatic carbocycles. The van der Waals surface area contributed by atoms with Gasteiger partial charge in [-0.15, -0.1) is 0 Å². The van der Waals surface area contributed by atoms with Crippen LogP contribution in [-0.2, 0) is 28.5 Å². The molecule has 0 unspecified atom stereocenters. The number of hydrogen-bond acceptors (Lipinski definition) is 2. The summed E-state index contributed by atoms with van der Waals surface area (Å²) >= 11 is 0. The van der Waals surface area contributed by atoms with Gasteiger partial charge < -0.3 is 9.84 Å². The van der Waals surface area contributed by atoms with Crippen molar-refractivity contribution in [3.05, 3.63) is 59.2 Å². The van der Waals surface area contributed by atoms with Gasteiger partial charge in [-0.05, 0) is 28.8 Å². The number of rotatable bonds is 5. The lowest BCUT2D eigenvalue weighted by molar-refractivity contribution is -0.143. The first-order chi connectivity index (χ1) is 12.0. The Morgan fingerprint density at radius 2 is 1.58 bits per heavy atom. The summed E-state index contributed by atoms with van der Waals surface area (Å²) in [6.07, 6.45) is -9.92. The normalized spacial score (nSPS) is 12.2. The first-order valence-corrected chi connectivity index (χ1v) is 7.16. The predicted molar refractivity (Wildman–Crippen MR) is 79.2 cm³/mol. The molecular weight excluding hydrogens is 366 g/mol. The average Bonchev–Trinajstić information content (AvgIpc) is 2.53. The topological polar surface area (TPSA) is 46.5 Å². The second-order valence-electron chi connectivity index (χ2n) is 5.30. The van der Waals surface area contributed by atoms with E-state index in [9.17, 15) is 31.1 Å². The van der Waals surface area contributed by atoms with Crippen molar-refractivity contribution in [2.75, 3.05) is 6.61 Å². The Morgan fingerprint density at radius 3 is 2.15 bits per heavy atom. The third kappa shape index (κ3) is 4.75. The van der Waals surface area contributed by atoms with E-state index in [2.05, 4.69) is 0 Å². The van der Waals surface area contributed by atoms with Crippen LogP contribution in [-0.4, -0.2) is 17.7 Å². The van der Waals surface area contributed by atoms with Crippen molar-refractivity contribution in [2.24, 2.45) is 0 Å². The van der Waals surface area contributed by atoms with Gasteiger partial charge in [0.15, 0.2) is 0 Å². The minimum atomic E-state index is -5.01. The van der Waals surface area contributed by atoms with E-state index in [4.69, 9.17) is 9.84 Å². The maximum Gasteiger partial charge on any atom is 0.417 e. The highest BCUT2D eigenvalue weighted by Crippen LogP contribution is 2.41. The number of ether oxygens (including phenoxy) is 1. The number of carbonyl (C=O) groups is 1. The van der Waals surface area contributed by atoms with Gasteiger partial charge in [0.05, 0.1) is 17.7 Å². The van der Waals surface area contributed by atoms with Crippen LogP contribution in [0.25, 0.3) is 11.1 Å². The van der Waals surface area contributed by atoms with Crippen LogP contribution in [0.3, 0.4) is 0 Å². The van der Waals surface area contributed by atoms with Gasteiger partial charge in [-0.2, -0.15) is 26.3 Å². The zero-order chi connectivity index (χ0) is 19.5. The van der Waals surface area contributed by atoms with Gasteiger partial charge in [-0.3, -0.25) is 0 Å². The Kier molecular flexibility index (Phi) is 5.60. The zero-order valence-electron chi connectivity index (χ0n) is 13.0. The number of aliphatic carboxylic acids is 1. The standard InChI is InChI=1S/C17H12F6O3/c18-16(19,20)11-5-6-13(14(7-11)17(21,22)23)12-4-2-1-3-10(12)8-26-9-15(24)25/h1-7H,8-9H2,(H,24,25). The van der Waals surface area contributed by atoms with Crippen molar-refractivity contribution in [3.8, 4) is 11.1 Å². The van der Waals surface area contributed by atoms with E-state index in [0.29, 0.717) is 6.07 Å². The van der Waals surface area contributed by atoms with Crippen LogP contribution in [0.5, 0.6) is 0 Å². The number of hydrogen-bond donors (Lipinski definition) is 1. The molecular formula is C17H12F6O3. The van der Waals surface area contributed by atoms with Crippen LogP contribution >= 0.6 is 0 Å². The molecule has 0 aromatic heterocycles. The fourth-order valence-electron chi connectivity index (χ4n) is 2.35. The molecule has 1 N–H and O–H groups in total. The van der Waals surface area contributed by atoms with E-state index >= 15 is 0 Å². The second kappa shape index (κ2) is 7.36. The number of carboxylic acid groups (broad SMARTS) is 1. The molecule has 0 radical (unpaired) electrons. The minimum absolute atomic E-state index is 0.0129. The number of alkyl halides is 6. The largest absolute Gasteiger partial charge is 0.480 e. The van der Waals surface area contributed by atoms with E-state index in [1.54, 1.807) is 0 Å². The van der Waals surface area contributed by atoms with Crippen LogP contribution in [0.1, 0.15) is 16.7 Å². The molecule has 0 bridgehead atoms. The van der Waals surface area contributed by atoms with E-state index in [0.717, 1.165) is 6.07 Å². The van der Waals surface area contributed by atoms with Gasteiger partial charge in [0.25, 0.3) is 0 Å². The molecule has 9 heteroatoms. The van der Waals surface area contributed by atoms with E-state index < -0.39 is 41.6 Å². The lowest BCUT2D eigenvalue weighted by Crippen LogP contribution is -2.12. The van der Waals surface area contributed by atoms with Crippen molar-refractivity contribution in [2.45, 2.75) is 19.0 Å². The number of halogens is 6. The van der Waals surface area contributed by atoms with Crippen molar-refractivity contribution >= 4 is 5.97 Å². The fraction of sp³-hybridized carbons (Fsp3) is 0.235. The van der Waals surface area contributed by atoms with Gasteiger partial charge in [0.1, 0.15) is 6.61 Å². The smallest absolute Gasteiger partial charge is 0.417 e. The van der Waals surface area contributed by atoms with E-state index in [1.165, 1.54) is 24.3 Å². The van der Waals surface area contributed by atoms with Crippen LogP contribution in [0.2, 0.25) is 0 Å². The van der Waals surface area contributed by atoms with Crippen LogP contribution in [0.4, 0.5) is 26.3 Å². The van der Waals surface area contributed by atoms with E-state index in [1.807, 2.05) is 0 Å². The lowest BCUT2D eigenvalue weighted by atomic mass is 9.93. The Balaban J connectivity index is 2.53. The molecule has 2 rings (SSSR count). The molecule has 0 heterocycles. The Bertz CT molecular complexity index is 796. The Labute approximate surface area is 143 Å². The maximum absolute atomic E-state index is 13.3. The summed E-state index contributed by atoms with van der Waals surface area (Å²) in [5.41, 5.74) is -3.05. The van der Waals surface area contributed by atoms with Crippen LogP contribution in [0, 0.1) is 0 Å². The zero-order valence-corrected chi connectivity index (χ0v) is 13.0. The van der Waals surface area contributed by atoms with E-state index in [-0.39, 0.29) is 23.8 Å². The van der Waals surface area contributed by atoms with Crippen LogP contribution < -0.4 is 0 Å². The lowest BCUT2D eigenvalue weighted by Gasteiger charge is -2.18. The molecule has 3 nitrogen and oxygen atoms in total. The summed E-state index contributed by atoms with van der Waals surface area (Å²) in [7, 11) is 0. The van der Waals surface area contributed by atoms with Gasteiger partial charge in [-0.25, -0.2) is 4.79 Å². The third-order valence-electron chi connectivity index (χ3n) is 3.44. The van der Waals surface area contributed by atoms with Crippen molar-refractivity contribution in [3.63, 3.8) is 0 Å². The summed E-state index contributed by atoms with van der Waals surface area (Å²) in [6.45, 7) is -0.964. The number of carboxylic acids is 1. The fourth-order valence-corrected chi connectivity index (χ4v) is 2.35. The second-order valence-corrected chi connectivity index (χ2v) is 5.30. The molecule has 0 saturated heterocycles. The summed E-state index contributed by atoms with van der Waals surface area (Å²) in [6, 6.07) is 7.02. The predicted octanol–water partition coefficient (Wildman–Crippen LogP) is 4.99. The molecule has 0 fully saturated rings. The molecule has 26 heavy (non-hydrogen) atoms. The molecule has 2 aromatic rings. The summed E-state index contributed by atoms with van der Waals surface area (Å²) in [4.78, 5) is 10.5. The highest BCUT2D eigenvalue weighted by Gasteiger charge is 2.38. The monoisotopic (exact) mass is 378 g/mol. The quantitative estimate of drug-likeness (QED) is 0.746. The third-order valence-corrected chi connectivity index (χ3v) is 3.44. The SMILES string of the molecule is O=C(O)COCc1ccccc1-c1ccc(C(F)(F)F)cc1C(F)(F)F. The van der Waals surface area contributed by atoms with Gasteiger partial charge >= 0.3 is 18.3 Å². The Hall–Kier alpha value is -2.55. The highest BCUT2D eigenvalue weighted by atomic mass is 19.4. The summed E-state index contributed by atoms with van der Waals surface area (Å²) in [5, 5.41) is 8.56. The van der Waals surface area contributed by atoms with Crippen molar-refractivity contribution in [1.29, 1.82) is 0 Å². The minimum Gasteiger partial charge on any atom is -0.480 e. The van der Waals surface area contributed by atoms with Crippen molar-refractivity contribution < 1.29 is 41.0 Å². The molecule has 140 valence electrons. The molecule has 0 aliphatic heterocycles. The molecule has 0 aliphatic rings. The number of benzene rings is 2. The first kappa shape index (κ1) is 19.8. The average molecular weight is 378 g/mol. The summed E-state index contributed by atoms with van der Waals surface area (Å²) in [5.74, 6) is -1.26. The van der Waals surface area contributed by atoms with Crippen LogP contribution in [0.15, 0.2) is 42.5 Å². The maximum atomic E-state index is 13.3.